The zero-order valence-electron chi connectivity index (χ0n) is 9.94. The highest BCUT2D eigenvalue weighted by atomic mass is 16.3. The van der Waals surface area contributed by atoms with Crippen LogP contribution in [0, 0.1) is 0 Å². The van der Waals surface area contributed by atoms with Crippen molar-refractivity contribution in [2.45, 2.75) is 41.5 Å². The molecule has 0 aliphatic rings. The standard InChI is InChI=1S/C8H12O.2C2H6/c1-5-7(4)8(9)6(2)3;2*1-2/h5,9H,1-2H2,3-4H3;2*1-2H3/b8-7+;;. The van der Waals surface area contributed by atoms with Gasteiger partial charge < -0.3 is 5.11 Å². The third-order valence-corrected chi connectivity index (χ3v) is 1.08. The first-order valence-electron chi connectivity index (χ1n) is 4.77. The van der Waals surface area contributed by atoms with Crippen LogP contribution in [0.2, 0.25) is 0 Å². The van der Waals surface area contributed by atoms with Gasteiger partial charge in [-0.3, -0.25) is 0 Å². The van der Waals surface area contributed by atoms with Crippen LogP contribution in [0.15, 0.2) is 36.1 Å². The molecule has 0 aromatic heterocycles. The van der Waals surface area contributed by atoms with Crippen LogP contribution in [0.25, 0.3) is 0 Å². The molecule has 0 spiro atoms. The lowest BCUT2D eigenvalue weighted by atomic mass is 10.2. The molecule has 0 rings (SSSR count). The Morgan fingerprint density at radius 3 is 1.46 bits per heavy atom. The molecule has 0 aromatic carbocycles. The zero-order chi connectivity index (χ0) is 11.4. The van der Waals surface area contributed by atoms with Crippen molar-refractivity contribution in [3.63, 3.8) is 0 Å². The van der Waals surface area contributed by atoms with Crippen molar-refractivity contribution in [3.05, 3.63) is 36.1 Å². The first kappa shape index (κ1) is 17.9. The summed E-state index contributed by atoms with van der Waals surface area (Å²) in [5.74, 6) is 0.241. The average Bonchev–Trinajstić information content (AvgIpc) is 2.21. The first-order chi connectivity index (χ1) is 6.09. The van der Waals surface area contributed by atoms with Gasteiger partial charge in [0.1, 0.15) is 5.76 Å². The summed E-state index contributed by atoms with van der Waals surface area (Å²) in [6, 6.07) is 0. The molecule has 0 aliphatic heterocycles. The molecular formula is C12H24O. The number of hydrogen-bond donors (Lipinski definition) is 1. The van der Waals surface area contributed by atoms with E-state index in [1.165, 1.54) is 0 Å². The quantitative estimate of drug-likeness (QED) is 0.490. The van der Waals surface area contributed by atoms with Gasteiger partial charge in [-0.25, -0.2) is 0 Å². The van der Waals surface area contributed by atoms with Crippen LogP contribution in [-0.2, 0) is 0 Å². The smallest absolute Gasteiger partial charge is 0.120 e. The van der Waals surface area contributed by atoms with Crippen LogP contribution in [0.1, 0.15) is 41.5 Å². The molecule has 0 fully saturated rings. The van der Waals surface area contributed by atoms with Gasteiger partial charge in [-0.05, 0) is 25.0 Å². The van der Waals surface area contributed by atoms with Crippen molar-refractivity contribution in [1.29, 1.82) is 0 Å². The van der Waals surface area contributed by atoms with E-state index in [1.54, 1.807) is 19.9 Å². The summed E-state index contributed by atoms with van der Waals surface area (Å²) < 4.78 is 0. The molecule has 0 saturated heterocycles. The summed E-state index contributed by atoms with van der Waals surface area (Å²) >= 11 is 0. The second kappa shape index (κ2) is 13.6. The van der Waals surface area contributed by atoms with Crippen molar-refractivity contribution in [1.82, 2.24) is 0 Å². The second-order valence-corrected chi connectivity index (χ2v) is 2.02. The van der Waals surface area contributed by atoms with Gasteiger partial charge in [-0.15, -0.1) is 0 Å². The summed E-state index contributed by atoms with van der Waals surface area (Å²) in [7, 11) is 0. The topological polar surface area (TPSA) is 20.2 Å². The molecule has 0 bridgehead atoms. The summed E-state index contributed by atoms with van der Waals surface area (Å²) in [4.78, 5) is 0. The summed E-state index contributed by atoms with van der Waals surface area (Å²) in [6.45, 7) is 18.6. The van der Waals surface area contributed by atoms with Gasteiger partial charge in [-0.1, -0.05) is 46.9 Å². The Labute approximate surface area is 83.5 Å². The monoisotopic (exact) mass is 184 g/mol. The minimum atomic E-state index is 0.241. The lowest BCUT2D eigenvalue weighted by Crippen LogP contribution is -1.84. The first-order valence-corrected chi connectivity index (χ1v) is 4.77. The zero-order valence-corrected chi connectivity index (χ0v) is 9.94. The number of rotatable bonds is 2. The lowest BCUT2D eigenvalue weighted by Gasteiger charge is -1.98. The Kier molecular flexibility index (Phi) is 18.8. The third-order valence-electron chi connectivity index (χ3n) is 1.08. The van der Waals surface area contributed by atoms with Crippen molar-refractivity contribution >= 4 is 0 Å². The number of aliphatic hydroxyl groups is 1. The molecule has 0 aromatic rings. The molecule has 0 amide bonds. The largest absolute Gasteiger partial charge is 0.507 e. The lowest BCUT2D eigenvalue weighted by molar-refractivity contribution is 0.419. The van der Waals surface area contributed by atoms with E-state index in [2.05, 4.69) is 13.2 Å². The molecule has 0 unspecified atom stereocenters. The van der Waals surface area contributed by atoms with Gasteiger partial charge in [0.2, 0.25) is 0 Å². The molecule has 0 radical (unpaired) electrons. The highest BCUT2D eigenvalue weighted by molar-refractivity contribution is 5.29. The second-order valence-electron chi connectivity index (χ2n) is 2.02. The van der Waals surface area contributed by atoms with Gasteiger partial charge in [0.15, 0.2) is 0 Å². The molecule has 0 heterocycles. The molecule has 13 heavy (non-hydrogen) atoms. The van der Waals surface area contributed by atoms with Gasteiger partial charge in [0.25, 0.3) is 0 Å². The number of allylic oxidation sites excluding steroid dienone is 3. The molecule has 1 nitrogen and oxygen atoms in total. The summed E-state index contributed by atoms with van der Waals surface area (Å²) in [5.41, 5.74) is 1.44. The van der Waals surface area contributed by atoms with Crippen LogP contribution in [0.5, 0.6) is 0 Å². The molecular weight excluding hydrogens is 160 g/mol. The fourth-order valence-electron chi connectivity index (χ4n) is 0.433. The Bertz CT molecular complexity index is 164. The summed E-state index contributed by atoms with van der Waals surface area (Å²) in [6.07, 6.45) is 1.60. The van der Waals surface area contributed by atoms with E-state index >= 15 is 0 Å². The van der Waals surface area contributed by atoms with E-state index in [-0.39, 0.29) is 5.76 Å². The van der Waals surface area contributed by atoms with Crippen LogP contribution in [-0.4, -0.2) is 5.11 Å². The van der Waals surface area contributed by atoms with Crippen LogP contribution < -0.4 is 0 Å². The van der Waals surface area contributed by atoms with Gasteiger partial charge in [0, 0.05) is 0 Å². The van der Waals surface area contributed by atoms with Crippen LogP contribution in [0.3, 0.4) is 0 Å². The van der Waals surface area contributed by atoms with E-state index in [0.717, 1.165) is 5.57 Å². The van der Waals surface area contributed by atoms with Crippen LogP contribution in [0.4, 0.5) is 0 Å². The fourth-order valence-corrected chi connectivity index (χ4v) is 0.433. The van der Waals surface area contributed by atoms with Crippen molar-refractivity contribution in [2.24, 2.45) is 0 Å². The van der Waals surface area contributed by atoms with Crippen molar-refractivity contribution in [3.8, 4) is 0 Å². The van der Waals surface area contributed by atoms with Crippen molar-refractivity contribution < 1.29 is 5.11 Å². The summed E-state index contributed by atoms with van der Waals surface area (Å²) in [5, 5.41) is 9.10. The highest BCUT2D eigenvalue weighted by Crippen LogP contribution is 2.08. The van der Waals surface area contributed by atoms with Gasteiger partial charge >= 0.3 is 0 Å². The number of aliphatic hydroxyl groups excluding tert-OH is 1. The Balaban J connectivity index is -0.000000218. The molecule has 0 saturated carbocycles. The molecule has 78 valence electrons. The highest BCUT2D eigenvalue weighted by Gasteiger charge is 1.94. The Hall–Kier alpha value is -0.980. The van der Waals surface area contributed by atoms with E-state index in [9.17, 15) is 0 Å². The van der Waals surface area contributed by atoms with E-state index in [1.807, 2.05) is 27.7 Å². The molecule has 1 heteroatoms. The minimum Gasteiger partial charge on any atom is -0.507 e. The minimum absolute atomic E-state index is 0.241. The predicted molar refractivity (Wildman–Crippen MR) is 63.0 cm³/mol. The van der Waals surface area contributed by atoms with Crippen LogP contribution >= 0.6 is 0 Å². The fraction of sp³-hybridized carbons (Fsp3) is 0.500. The predicted octanol–water partition coefficient (Wildman–Crippen LogP) is 4.63. The maximum Gasteiger partial charge on any atom is 0.120 e. The van der Waals surface area contributed by atoms with Gasteiger partial charge in [0.05, 0.1) is 0 Å². The number of hydrogen-bond acceptors (Lipinski definition) is 1. The molecule has 0 aliphatic carbocycles. The van der Waals surface area contributed by atoms with E-state index in [4.69, 9.17) is 5.11 Å². The maximum atomic E-state index is 9.10. The third kappa shape index (κ3) is 11.0. The van der Waals surface area contributed by atoms with Gasteiger partial charge in [-0.2, -0.15) is 0 Å². The molecule has 1 N–H and O–H groups in total. The van der Waals surface area contributed by atoms with E-state index < -0.39 is 0 Å². The Morgan fingerprint density at radius 1 is 1.08 bits per heavy atom. The average molecular weight is 184 g/mol. The van der Waals surface area contributed by atoms with E-state index in [0.29, 0.717) is 5.57 Å². The Morgan fingerprint density at radius 2 is 1.38 bits per heavy atom. The SMILES string of the molecule is C=C/C(C)=C(/O)C(=C)C.CC.CC. The molecule has 0 atom stereocenters. The normalized spacial score (nSPS) is 9.38. The maximum absolute atomic E-state index is 9.10. The van der Waals surface area contributed by atoms with Crippen molar-refractivity contribution in [2.75, 3.05) is 0 Å².